The number of hydrogen-bond donors (Lipinski definition) is 4. The average molecular weight is 329 g/mol. The molecule has 0 aliphatic heterocycles. The highest BCUT2D eigenvalue weighted by atomic mass is 16.4. The number of unbranched alkanes of at least 4 members (excludes halogenated alkanes) is 1. The van der Waals surface area contributed by atoms with Gasteiger partial charge in [-0.05, 0) is 33.1 Å². The topological polar surface area (TPSA) is 125 Å². The van der Waals surface area contributed by atoms with Gasteiger partial charge in [-0.15, -0.1) is 0 Å². The van der Waals surface area contributed by atoms with Crippen molar-refractivity contribution in [3.63, 3.8) is 0 Å². The van der Waals surface area contributed by atoms with E-state index in [-0.39, 0.29) is 36.6 Å². The first-order valence-electron chi connectivity index (χ1n) is 7.78. The van der Waals surface area contributed by atoms with Gasteiger partial charge in [-0.2, -0.15) is 0 Å². The maximum atomic E-state index is 12.0. The summed E-state index contributed by atoms with van der Waals surface area (Å²) >= 11 is 0. The van der Waals surface area contributed by atoms with Crippen molar-refractivity contribution in [2.75, 3.05) is 6.54 Å². The minimum atomic E-state index is -1.01. The largest absolute Gasteiger partial charge is 0.481 e. The number of carbonyl (C=O) groups excluding carboxylic acids is 3. The normalized spacial score (nSPS) is 11.7. The Morgan fingerprint density at radius 3 is 2.17 bits per heavy atom. The van der Waals surface area contributed by atoms with Crippen molar-refractivity contribution >= 4 is 23.7 Å². The summed E-state index contributed by atoms with van der Waals surface area (Å²) in [5.74, 6) is -1.80. The molecule has 4 N–H and O–H groups in total. The molecule has 0 saturated carbocycles. The number of nitrogens with one attached hydrogen (secondary N) is 3. The highest BCUT2D eigenvalue weighted by Crippen LogP contribution is 2.02. The van der Waals surface area contributed by atoms with E-state index in [1.54, 1.807) is 0 Å². The van der Waals surface area contributed by atoms with Crippen LogP contribution in [0.3, 0.4) is 0 Å². The molecule has 0 aromatic rings. The Hall–Kier alpha value is -2.12. The van der Waals surface area contributed by atoms with Gasteiger partial charge in [0, 0.05) is 25.9 Å². The van der Waals surface area contributed by atoms with Crippen molar-refractivity contribution in [1.29, 1.82) is 0 Å². The summed E-state index contributed by atoms with van der Waals surface area (Å²) in [6.45, 7) is 5.46. The van der Waals surface area contributed by atoms with Crippen LogP contribution in [0.5, 0.6) is 0 Å². The maximum Gasteiger partial charge on any atom is 0.303 e. The molecule has 0 aromatic heterocycles. The number of rotatable bonds is 11. The number of hydrogen-bond acceptors (Lipinski definition) is 4. The van der Waals surface area contributed by atoms with E-state index in [2.05, 4.69) is 16.0 Å². The van der Waals surface area contributed by atoms with Crippen LogP contribution in [0.15, 0.2) is 0 Å². The average Bonchev–Trinajstić information content (AvgIpc) is 2.42. The molecule has 23 heavy (non-hydrogen) atoms. The molecule has 132 valence electrons. The Kier molecular flexibility index (Phi) is 10.4. The van der Waals surface area contributed by atoms with Crippen LogP contribution in [0.2, 0.25) is 0 Å². The van der Waals surface area contributed by atoms with Gasteiger partial charge in [0.05, 0.1) is 6.42 Å². The molecular weight excluding hydrogens is 302 g/mol. The molecule has 0 unspecified atom stereocenters. The number of carboxylic acids is 1. The Morgan fingerprint density at radius 2 is 1.65 bits per heavy atom. The van der Waals surface area contributed by atoms with Crippen LogP contribution in [0, 0.1) is 0 Å². The zero-order valence-electron chi connectivity index (χ0n) is 14.0. The van der Waals surface area contributed by atoms with Crippen LogP contribution in [-0.2, 0) is 19.2 Å². The van der Waals surface area contributed by atoms with Crippen LogP contribution in [-0.4, -0.2) is 47.4 Å². The molecule has 0 fully saturated rings. The number of carbonyl (C=O) groups is 4. The number of carboxylic acid groups (broad SMARTS) is 1. The fraction of sp³-hybridized carbons (Fsp3) is 0.733. The summed E-state index contributed by atoms with van der Waals surface area (Å²) < 4.78 is 0. The highest BCUT2D eigenvalue weighted by Gasteiger charge is 2.19. The van der Waals surface area contributed by atoms with Gasteiger partial charge in [0.2, 0.25) is 17.7 Å². The third-order valence-electron chi connectivity index (χ3n) is 2.93. The van der Waals surface area contributed by atoms with Crippen LogP contribution in [0.25, 0.3) is 0 Å². The molecule has 0 aromatic carbocycles. The van der Waals surface area contributed by atoms with E-state index < -0.39 is 12.0 Å². The van der Waals surface area contributed by atoms with Crippen molar-refractivity contribution in [2.45, 2.75) is 65.0 Å². The van der Waals surface area contributed by atoms with E-state index in [4.69, 9.17) is 5.11 Å². The Labute approximate surface area is 136 Å². The second kappa shape index (κ2) is 11.4. The van der Waals surface area contributed by atoms with Gasteiger partial charge in [0.15, 0.2) is 0 Å². The zero-order chi connectivity index (χ0) is 17.8. The van der Waals surface area contributed by atoms with Gasteiger partial charge in [-0.25, -0.2) is 0 Å². The third kappa shape index (κ3) is 12.1. The quantitative estimate of drug-likeness (QED) is 0.402. The predicted octanol–water partition coefficient (Wildman–Crippen LogP) is 0.167. The minimum absolute atomic E-state index is 0.00715. The van der Waals surface area contributed by atoms with Gasteiger partial charge in [0.25, 0.3) is 0 Å². The molecule has 0 aliphatic carbocycles. The van der Waals surface area contributed by atoms with Gasteiger partial charge in [0.1, 0.15) is 6.04 Å². The standard InChI is InChI=1S/C15H27N3O5/c1-10(2)17-15(23)12(18-11(3)19)6-4-5-9-16-13(20)7-8-14(21)22/h10,12H,4-9H2,1-3H3,(H,16,20)(H,17,23)(H,18,19)(H,21,22)/t12-/m0/s1. The second-order valence-electron chi connectivity index (χ2n) is 5.66. The van der Waals surface area contributed by atoms with Gasteiger partial charge in [-0.1, -0.05) is 0 Å². The first-order chi connectivity index (χ1) is 10.7. The van der Waals surface area contributed by atoms with E-state index >= 15 is 0 Å². The van der Waals surface area contributed by atoms with Crippen LogP contribution in [0.1, 0.15) is 52.9 Å². The van der Waals surface area contributed by atoms with Crippen molar-refractivity contribution < 1.29 is 24.3 Å². The Morgan fingerprint density at radius 1 is 1.00 bits per heavy atom. The lowest BCUT2D eigenvalue weighted by atomic mass is 10.1. The summed E-state index contributed by atoms with van der Waals surface area (Å²) in [5, 5.41) is 16.5. The minimum Gasteiger partial charge on any atom is -0.481 e. The fourth-order valence-electron chi connectivity index (χ4n) is 1.91. The lowest BCUT2D eigenvalue weighted by Crippen LogP contribution is -2.48. The van der Waals surface area contributed by atoms with Crippen molar-refractivity contribution in [3.05, 3.63) is 0 Å². The van der Waals surface area contributed by atoms with Crippen molar-refractivity contribution in [1.82, 2.24) is 16.0 Å². The first kappa shape index (κ1) is 20.9. The smallest absolute Gasteiger partial charge is 0.303 e. The lowest BCUT2D eigenvalue weighted by Gasteiger charge is -2.19. The van der Waals surface area contributed by atoms with E-state index in [1.165, 1.54) is 6.92 Å². The molecule has 0 saturated heterocycles. The number of amides is 3. The van der Waals surface area contributed by atoms with E-state index in [0.717, 1.165) is 0 Å². The Balaban J connectivity index is 4.03. The second-order valence-corrected chi connectivity index (χ2v) is 5.66. The molecule has 0 radical (unpaired) electrons. The first-order valence-corrected chi connectivity index (χ1v) is 7.78. The van der Waals surface area contributed by atoms with Crippen LogP contribution < -0.4 is 16.0 Å². The summed E-state index contributed by atoms with van der Waals surface area (Å²) in [7, 11) is 0. The molecule has 0 spiro atoms. The summed E-state index contributed by atoms with van der Waals surface area (Å²) in [6.07, 6.45) is 1.54. The fourth-order valence-corrected chi connectivity index (χ4v) is 1.91. The third-order valence-corrected chi connectivity index (χ3v) is 2.93. The molecule has 0 aliphatic rings. The van der Waals surface area contributed by atoms with Crippen LogP contribution in [0.4, 0.5) is 0 Å². The van der Waals surface area contributed by atoms with Crippen molar-refractivity contribution in [2.24, 2.45) is 0 Å². The van der Waals surface area contributed by atoms with Gasteiger partial charge < -0.3 is 21.1 Å². The number of aliphatic carboxylic acids is 1. The molecular formula is C15H27N3O5. The van der Waals surface area contributed by atoms with Crippen LogP contribution >= 0.6 is 0 Å². The van der Waals surface area contributed by atoms with Crippen molar-refractivity contribution in [3.8, 4) is 0 Å². The maximum absolute atomic E-state index is 12.0. The molecule has 0 heterocycles. The predicted molar refractivity (Wildman–Crippen MR) is 84.6 cm³/mol. The lowest BCUT2D eigenvalue weighted by molar-refractivity contribution is -0.138. The van der Waals surface area contributed by atoms with Gasteiger partial charge >= 0.3 is 5.97 Å². The molecule has 1 atom stereocenters. The molecule has 0 bridgehead atoms. The zero-order valence-corrected chi connectivity index (χ0v) is 14.0. The summed E-state index contributed by atoms with van der Waals surface area (Å²) in [4.78, 5) is 44.8. The molecule has 8 heteroatoms. The highest BCUT2D eigenvalue weighted by molar-refractivity contribution is 5.86. The summed E-state index contributed by atoms with van der Waals surface area (Å²) in [5.41, 5.74) is 0. The Bertz CT molecular complexity index is 423. The molecule has 0 rings (SSSR count). The molecule has 3 amide bonds. The molecule has 8 nitrogen and oxygen atoms in total. The summed E-state index contributed by atoms with van der Waals surface area (Å²) in [6, 6.07) is -0.593. The SMILES string of the molecule is CC(=O)N[C@@H](CCCCNC(=O)CCC(=O)O)C(=O)NC(C)C. The monoisotopic (exact) mass is 329 g/mol. The van der Waals surface area contributed by atoms with E-state index in [0.29, 0.717) is 25.8 Å². The van der Waals surface area contributed by atoms with E-state index in [1.807, 2.05) is 13.8 Å². The van der Waals surface area contributed by atoms with Gasteiger partial charge in [-0.3, -0.25) is 19.2 Å². The van der Waals surface area contributed by atoms with E-state index in [9.17, 15) is 19.2 Å².